The van der Waals surface area contributed by atoms with Gasteiger partial charge in [-0.3, -0.25) is 9.59 Å². The lowest BCUT2D eigenvalue weighted by molar-refractivity contribution is -0.117. The Bertz CT molecular complexity index is 694. The highest BCUT2D eigenvalue weighted by Gasteiger charge is 2.51. The number of aliphatic hydroxyl groups is 2. The number of carbonyl (C=O) groups is 2. The van der Waals surface area contributed by atoms with E-state index in [1.165, 1.54) is 5.57 Å². The molecule has 3 rings (SSSR count). The molecular formula is C22H33NO4. The van der Waals surface area contributed by atoms with Crippen LogP contribution in [-0.2, 0) is 9.59 Å². The van der Waals surface area contributed by atoms with Crippen molar-refractivity contribution in [3.8, 4) is 0 Å². The molecule has 2 fully saturated rings. The van der Waals surface area contributed by atoms with E-state index in [1.807, 2.05) is 0 Å². The van der Waals surface area contributed by atoms with Gasteiger partial charge in [-0.25, -0.2) is 0 Å². The van der Waals surface area contributed by atoms with E-state index < -0.39 is 18.1 Å². The third kappa shape index (κ3) is 3.14. The molecule has 0 aromatic heterocycles. The van der Waals surface area contributed by atoms with Gasteiger partial charge >= 0.3 is 0 Å². The highest BCUT2D eigenvalue weighted by Crippen LogP contribution is 2.53. The van der Waals surface area contributed by atoms with Crippen molar-refractivity contribution < 1.29 is 19.8 Å². The fourth-order valence-corrected chi connectivity index (χ4v) is 5.95. The van der Waals surface area contributed by atoms with Gasteiger partial charge in [0.15, 0.2) is 5.78 Å². The minimum absolute atomic E-state index is 0.0406. The number of fused-ring (bicyclic) bond motifs is 1. The fraction of sp³-hybridized carbons (Fsp3) is 0.727. The van der Waals surface area contributed by atoms with Crippen molar-refractivity contribution in [2.45, 2.75) is 66.0 Å². The Hall–Kier alpha value is -1.62. The summed E-state index contributed by atoms with van der Waals surface area (Å²) in [6.45, 7) is 9.97. The topological polar surface area (TPSA) is 86.6 Å². The number of rotatable bonds is 3. The monoisotopic (exact) mass is 375 g/mol. The van der Waals surface area contributed by atoms with Gasteiger partial charge in [-0.15, -0.1) is 0 Å². The molecule has 3 N–H and O–H groups in total. The summed E-state index contributed by atoms with van der Waals surface area (Å²) in [6.07, 6.45) is 4.39. The summed E-state index contributed by atoms with van der Waals surface area (Å²) < 4.78 is 0. The molecule has 0 aromatic carbocycles. The highest BCUT2D eigenvalue weighted by molar-refractivity contribution is 6.26. The molecule has 0 bridgehead atoms. The van der Waals surface area contributed by atoms with Crippen LogP contribution in [0, 0.1) is 35.5 Å². The number of hydrogen-bond acceptors (Lipinski definition) is 4. The van der Waals surface area contributed by atoms with Gasteiger partial charge in [0.05, 0.1) is 12.1 Å². The molecular weight excluding hydrogens is 342 g/mol. The van der Waals surface area contributed by atoms with Crippen molar-refractivity contribution in [2.24, 2.45) is 35.5 Å². The first-order valence-electron chi connectivity index (χ1n) is 10.4. The number of hydrogen-bond donors (Lipinski definition) is 3. The number of amides is 1. The minimum atomic E-state index is -0.593. The first-order valence-corrected chi connectivity index (χ1v) is 10.4. The number of allylic oxidation sites excluding steroid dienone is 3. The normalized spacial score (nSPS) is 43.9. The maximum atomic E-state index is 12.5. The van der Waals surface area contributed by atoms with Crippen molar-refractivity contribution in [3.05, 3.63) is 23.0 Å². The van der Waals surface area contributed by atoms with Gasteiger partial charge in [-0.05, 0) is 56.3 Å². The van der Waals surface area contributed by atoms with Crippen molar-refractivity contribution in [2.75, 3.05) is 0 Å². The van der Waals surface area contributed by atoms with E-state index >= 15 is 0 Å². The Morgan fingerprint density at radius 2 is 1.89 bits per heavy atom. The van der Waals surface area contributed by atoms with Gasteiger partial charge in [0, 0.05) is 5.92 Å². The van der Waals surface area contributed by atoms with Crippen LogP contribution in [0.25, 0.3) is 0 Å². The molecule has 5 nitrogen and oxygen atoms in total. The summed E-state index contributed by atoms with van der Waals surface area (Å²) >= 11 is 0. The van der Waals surface area contributed by atoms with Gasteiger partial charge in [-0.2, -0.15) is 0 Å². The molecule has 5 heteroatoms. The van der Waals surface area contributed by atoms with Crippen molar-refractivity contribution in [3.63, 3.8) is 0 Å². The van der Waals surface area contributed by atoms with Crippen molar-refractivity contribution in [1.82, 2.24) is 5.32 Å². The Balaban J connectivity index is 2.14. The SMILES string of the molecule is CCC1C(C)=CC2CC(C)C(O)C(CC)C2C1C(O)=C1C(=O)NC(C)C1=O. The lowest BCUT2D eigenvalue weighted by Crippen LogP contribution is -2.49. The van der Waals surface area contributed by atoms with Crippen LogP contribution in [0.3, 0.4) is 0 Å². The maximum Gasteiger partial charge on any atom is 0.259 e. The molecule has 1 saturated carbocycles. The van der Waals surface area contributed by atoms with Crippen LogP contribution in [0.4, 0.5) is 0 Å². The molecule has 8 atom stereocenters. The van der Waals surface area contributed by atoms with E-state index in [4.69, 9.17) is 0 Å². The molecule has 27 heavy (non-hydrogen) atoms. The maximum absolute atomic E-state index is 12.5. The van der Waals surface area contributed by atoms with E-state index in [2.05, 4.69) is 39.1 Å². The first kappa shape index (κ1) is 20.1. The average molecular weight is 376 g/mol. The molecule has 2 aliphatic carbocycles. The molecule has 1 amide bonds. The Morgan fingerprint density at radius 1 is 1.22 bits per heavy atom. The summed E-state index contributed by atoms with van der Waals surface area (Å²) in [4.78, 5) is 24.9. The zero-order chi connectivity index (χ0) is 20.0. The third-order valence-corrected chi connectivity index (χ3v) is 7.26. The molecule has 0 aromatic rings. The number of carbonyl (C=O) groups excluding carboxylic acids is 2. The van der Waals surface area contributed by atoms with E-state index in [0.717, 1.165) is 19.3 Å². The number of Topliss-reactive ketones (excluding diaryl/α,β-unsaturated/α-hetero) is 1. The van der Waals surface area contributed by atoms with Crippen molar-refractivity contribution >= 4 is 11.7 Å². The standard InChI is InChI=1S/C22H33NO4/c1-6-14-10(3)8-13-9-11(4)19(24)15(7-2)16(13)17(14)21(26)18-20(25)12(5)23-22(18)27/h8,11-17,19,24,26H,6-7,9H2,1-5H3,(H,23,27). The van der Waals surface area contributed by atoms with E-state index in [1.54, 1.807) is 6.92 Å². The lowest BCUT2D eigenvalue weighted by Gasteiger charge is -2.51. The van der Waals surface area contributed by atoms with Crippen LogP contribution >= 0.6 is 0 Å². The van der Waals surface area contributed by atoms with Crippen LogP contribution in [0.5, 0.6) is 0 Å². The van der Waals surface area contributed by atoms with Crippen molar-refractivity contribution in [1.29, 1.82) is 0 Å². The third-order valence-electron chi connectivity index (χ3n) is 7.26. The Labute approximate surface area is 161 Å². The molecule has 1 heterocycles. The summed E-state index contributed by atoms with van der Waals surface area (Å²) in [6, 6.07) is -0.593. The Morgan fingerprint density at radius 3 is 2.41 bits per heavy atom. The highest BCUT2D eigenvalue weighted by atomic mass is 16.3. The second-order valence-electron chi connectivity index (χ2n) is 8.79. The van der Waals surface area contributed by atoms with Gasteiger partial charge < -0.3 is 15.5 Å². The zero-order valence-corrected chi connectivity index (χ0v) is 17.0. The lowest BCUT2D eigenvalue weighted by atomic mass is 9.54. The molecule has 3 aliphatic rings. The fourth-order valence-electron chi connectivity index (χ4n) is 5.95. The van der Waals surface area contributed by atoms with Crippen LogP contribution in [0.15, 0.2) is 23.0 Å². The summed E-state index contributed by atoms with van der Waals surface area (Å²) in [5.41, 5.74) is 1.15. The van der Waals surface area contributed by atoms with Gasteiger partial charge in [0.2, 0.25) is 0 Å². The molecule has 8 unspecified atom stereocenters. The smallest absolute Gasteiger partial charge is 0.259 e. The largest absolute Gasteiger partial charge is 0.511 e. The van der Waals surface area contributed by atoms with E-state index in [9.17, 15) is 19.8 Å². The minimum Gasteiger partial charge on any atom is -0.511 e. The molecule has 0 radical (unpaired) electrons. The quantitative estimate of drug-likeness (QED) is 0.306. The summed E-state index contributed by atoms with van der Waals surface area (Å²) in [5.74, 6) is -0.546. The summed E-state index contributed by atoms with van der Waals surface area (Å²) in [7, 11) is 0. The first-order chi connectivity index (χ1) is 12.7. The molecule has 1 aliphatic heterocycles. The zero-order valence-electron chi connectivity index (χ0n) is 17.0. The molecule has 0 spiro atoms. The predicted octanol–water partition coefficient (Wildman–Crippen LogP) is 3.15. The average Bonchev–Trinajstić information content (AvgIpc) is 2.87. The second kappa shape index (κ2) is 7.42. The predicted molar refractivity (Wildman–Crippen MR) is 104 cm³/mol. The summed E-state index contributed by atoms with van der Waals surface area (Å²) in [5, 5.41) is 24.7. The van der Waals surface area contributed by atoms with Gasteiger partial charge in [0.25, 0.3) is 5.91 Å². The van der Waals surface area contributed by atoms with Crippen LogP contribution in [0.2, 0.25) is 0 Å². The van der Waals surface area contributed by atoms with Crippen LogP contribution in [0.1, 0.15) is 53.9 Å². The van der Waals surface area contributed by atoms with Crippen LogP contribution in [-0.4, -0.2) is 34.0 Å². The Kier molecular flexibility index (Phi) is 5.53. The number of nitrogens with one attached hydrogen (secondary N) is 1. The van der Waals surface area contributed by atoms with Gasteiger partial charge in [-0.1, -0.05) is 38.8 Å². The number of aliphatic hydroxyl groups excluding tert-OH is 2. The van der Waals surface area contributed by atoms with Crippen LogP contribution < -0.4 is 5.32 Å². The molecule has 150 valence electrons. The van der Waals surface area contributed by atoms with E-state index in [-0.39, 0.29) is 52.6 Å². The molecule has 1 saturated heterocycles. The number of ketones is 1. The van der Waals surface area contributed by atoms with Gasteiger partial charge in [0.1, 0.15) is 11.3 Å². The van der Waals surface area contributed by atoms with E-state index in [0.29, 0.717) is 0 Å². The second-order valence-corrected chi connectivity index (χ2v) is 8.79.